The molecule has 0 fully saturated rings. The minimum absolute atomic E-state index is 0.366. The predicted octanol–water partition coefficient (Wildman–Crippen LogP) is 5.08. The van der Waals surface area contributed by atoms with Crippen molar-refractivity contribution in [2.45, 2.75) is 58.3 Å². The van der Waals surface area contributed by atoms with Gasteiger partial charge in [-0.3, -0.25) is 0 Å². The lowest BCUT2D eigenvalue weighted by Gasteiger charge is -2.38. The van der Waals surface area contributed by atoms with Crippen molar-refractivity contribution >= 4 is 25.2 Å². The summed E-state index contributed by atoms with van der Waals surface area (Å²) in [5.41, 5.74) is 0. The van der Waals surface area contributed by atoms with Crippen LogP contribution in [0.15, 0.2) is 18.2 Å². The minimum Gasteiger partial charge on any atom is -0.505 e. The number of halogens is 1. The van der Waals surface area contributed by atoms with E-state index in [0.717, 1.165) is 12.5 Å². The Kier molecular flexibility index (Phi) is 7.24. The van der Waals surface area contributed by atoms with Crippen molar-refractivity contribution in [1.82, 2.24) is 0 Å². The lowest BCUT2D eigenvalue weighted by molar-refractivity contribution is 0.304. The normalized spacial score (nSPS) is 13.2. The molecule has 1 rings (SSSR count). The number of phenols is 1. The van der Waals surface area contributed by atoms with Crippen LogP contribution in [0.3, 0.4) is 0 Å². The maximum absolute atomic E-state index is 13.3. The Bertz CT molecular complexity index is 525. The summed E-state index contributed by atoms with van der Waals surface area (Å²) in [5.74, 6) is -0.615. The van der Waals surface area contributed by atoms with Gasteiger partial charge in [-0.1, -0.05) is 0 Å². The van der Waals surface area contributed by atoms with Crippen LogP contribution in [0.4, 0.5) is 4.39 Å². The quantitative estimate of drug-likeness (QED) is 0.472. The van der Waals surface area contributed by atoms with Crippen molar-refractivity contribution in [3.8, 4) is 11.5 Å². The third kappa shape index (κ3) is 8.43. The van der Waals surface area contributed by atoms with E-state index in [1.165, 1.54) is 12.1 Å². The number of phenolic OH excluding ortho intramolecular Hbond substituents is 1. The molecule has 0 unspecified atom stereocenters. The van der Waals surface area contributed by atoms with Gasteiger partial charge in [-0.05, 0) is 70.4 Å². The molecule has 8 heteroatoms. The highest BCUT2D eigenvalue weighted by molar-refractivity contribution is 6.87. The summed E-state index contributed by atoms with van der Waals surface area (Å²) in [4.78, 5) is 0. The summed E-state index contributed by atoms with van der Waals surface area (Å²) in [7, 11) is -5.63. The van der Waals surface area contributed by atoms with Gasteiger partial charge in [0.15, 0.2) is 28.2 Å². The first kappa shape index (κ1) is 21.4. The molecule has 0 amide bonds. The van der Waals surface area contributed by atoms with Crippen LogP contribution in [0, 0.1) is 5.82 Å². The summed E-state index contributed by atoms with van der Waals surface area (Å²) in [6, 6.07) is 4.91. The maximum atomic E-state index is 13.3. The van der Waals surface area contributed by atoms with Crippen molar-refractivity contribution in [2.75, 3.05) is 6.61 Å². The third-order valence-corrected chi connectivity index (χ3v) is 12.6. The molecule has 0 radical (unpaired) electrons. The standard InChI is InChI=1S/C16H31FO4Si3/c1-22(2,3)20-24(7,21-23(4,5)6)12-8-11-19-14-9-10-16(18)15(17)13-14/h9-10,13,18H,8,11-12H2,1-7H3. The first-order chi connectivity index (χ1) is 10.8. The van der Waals surface area contributed by atoms with Gasteiger partial charge in [-0.2, -0.15) is 0 Å². The maximum Gasteiger partial charge on any atom is 0.314 e. The monoisotopic (exact) mass is 390 g/mol. The highest BCUT2D eigenvalue weighted by Gasteiger charge is 2.39. The molecule has 1 aromatic carbocycles. The fraction of sp³-hybridized carbons (Fsp3) is 0.625. The Morgan fingerprint density at radius 2 is 1.50 bits per heavy atom. The van der Waals surface area contributed by atoms with Crippen molar-refractivity contribution < 1.29 is 22.5 Å². The van der Waals surface area contributed by atoms with Gasteiger partial charge in [0.05, 0.1) is 6.61 Å². The molecule has 0 saturated carbocycles. The van der Waals surface area contributed by atoms with Gasteiger partial charge in [-0.15, -0.1) is 0 Å². The zero-order valence-electron chi connectivity index (χ0n) is 15.9. The molecule has 0 bridgehead atoms. The number of aromatic hydroxyl groups is 1. The van der Waals surface area contributed by atoms with Gasteiger partial charge < -0.3 is 18.1 Å². The van der Waals surface area contributed by atoms with E-state index < -0.39 is 31.0 Å². The summed E-state index contributed by atoms with van der Waals surface area (Å²) in [5, 5.41) is 9.19. The fourth-order valence-electron chi connectivity index (χ4n) is 2.58. The van der Waals surface area contributed by atoms with E-state index in [4.69, 9.17) is 13.0 Å². The molecule has 0 atom stereocenters. The molecule has 24 heavy (non-hydrogen) atoms. The topological polar surface area (TPSA) is 47.9 Å². The van der Waals surface area contributed by atoms with Crippen molar-refractivity contribution in [3.63, 3.8) is 0 Å². The lowest BCUT2D eigenvalue weighted by atomic mass is 10.3. The van der Waals surface area contributed by atoms with E-state index in [1.807, 2.05) is 0 Å². The smallest absolute Gasteiger partial charge is 0.314 e. The first-order valence-corrected chi connectivity index (χ1v) is 17.7. The second-order valence-corrected chi connectivity index (χ2v) is 21.0. The van der Waals surface area contributed by atoms with Gasteiger partial charge in [-0.25, -0.2) is 4.39 Å². The van der Waals surface area contributed by atoms with E-state index in [9.17, 15) is 9.50 Å². The summed E-state index contributed by atoms with van der Waals surface area (Å²) < 4.78 is 31.7. The zero-order valence-corrected chi connectivity index (χ0v) is 18.9. The van der Waals surface area contributed by atoms with Crippen LogP contribution >= 0.6 is 0 Å². The number of benzene rings is 1. The Morgan fingerprint density at radius 3 is 1.96 bits per heavy atom. The molecule has 1 aromatic rings. The molecule has 0 aliphatic heterocycles. The number of rotatable bonds is 9. The average molecular weight is 391 g/mol. The molecule has 4 nitrogen and oxygen atoms in total. The molecule has 0 aromatic heterocycles. The summed E-state index contributed by atoms with van der Waals surface area (Å²) >= 11 is 0. The number of hydrogen-bond donors (Lipinski definition) is 1. The predicted molar refractivity (Wildman–Crippen MR) is 103 cm³/mol. The second-order valence-electron chi connectivity index (χ2n) is 8.13. The van der Waals surface area contributed by atoms with Gasteiger partial charge in [0.1, 0.15) is 5.75 Å². The van der Waals surface area contributed by atoms with Crippen LogP contribution in [0.25, 0.3) is 0 Å². The van der Waals surface area contributed by atoms with E-state index in [2.05, 4.69) is 45.8 Å². The summed E-state index contributed by atoms with van der Waals surface area (Å²) in [6.45, 7) is 15.7. The van der Waals surface area contributed by atoms with Crippen molar-refractivity contribution in [3.05, 3.63) is 24.0 Å². The molecule has 138 valence electrons. The van der Waals surface area contributed by atoms with Crippen LogP contribution in [0.5, 0.6) is 11.5 Å². The zero-order chi connectivity index (χ0) is 18.6. The van der Waals surface area contributed by atoms with Gasteiger partial charge >= 0.3 is 8.56 Å². The average Bonchev–Trinajstić information content (AvgIpc) is 2.34. The summed E-state index contributed by atoms with van der Waals surface area (Å²) in [6.07, 6.45) is 0.792. The van der Waals surface area contributed by atoms with Crippen molar-refractivity contribution in [1.29, 1.82) is 0 Å². The largest absolute Gasteiger partial charge is 0.505 e. The highest BCUT2D eigenvalue weighted by Crippen LogP contribution is 2.26. The Morgan fingerprint density at radius 1 is 0.958 bits per heavy atom. The van der Waals surface area contributed by atoms with Crippen LogP contribution in [0.1, 0.15) is 6.42 Å². The molecular weight excluding hydrogens is 359 g/mol. The van der Waals surface area contributed by atoms with Gasteiger partial charge in [0.25, 0.3) is 0 Å². The number of ether oxygens (including phenoxy) is 1. The molecule has 1 N–H and O–H groups in total. The molecule has 0 aliphatic rings. The van der Waals surface area contributed by atoms with Gasteiger partial charge in [0.2, 0.25) is 0 Å². The second kappa shape index (κ2) is 8.13. The molecule has 0 heterocycles. The molecule has 0 spiro atoms. The Labute approximate surface area is 148 Å². The molecular formula is C16H31FO4Si3. The van der Waals surface area contributed by atoms with Crippen LogP contribution in [0.2, 0.25) is 51.9 Å². The SMILES string of the molecule is C[Si](C)(C)O[Si](C)(CCCOc1ccc(O)c(F)c1)O[Si](C)(C)C. The van der Waals surface area contributed by atoms with Crippen LogP contribution < -0.4 is 4.74 Å². The van der Waals surface area contributed by atoms with E-state index in [1.54, 1.807) is 6.07 Å². The third-order valence-electron chi connectivity index (χ3n) is 3.01. The van der Waals surface area contributed by atoms with Crippen LogP contribution in [-0.4, -0.2) is 36.9 Å². The lowest BCUT2D eigenvalue weighted by Crippen LogP contribution is -2.52. The molecule has 0 saturated heterocycles. The number of hydrogen-bond acceptors (Lipinski definition) is 4. The van der Waals surface area contributed by atoms with E-state index >= 15 is 0 Å². The minimum atomic E-state index is -2.25. The van der Waals surface area contributed by atoms with E-state index in [-0.39, 0.29) is 5.75 Å². The van der Waals surface area contributed by atoms with Crippen LogP contribution in [-0.2, 0) is 8.23 Å². The fourth-order valence-corrected chi connectivity index (χ4v) is 15.1. The Hall–Kier alpha value is -0.679. The van der Waals surface area contributed by atoms with Crippen molar-refractivity contribution in [2.24, 2.45) is 0 Å². The van der Waals surface area contributed by atoms with E-state index in [0.29, 0.717) is 12.4 Å². The van der Waals surface area contributed by atoms with Gasteiger partial charge in [0, 0.05) is 6.07 Å². The Balaban J connectivity index is 2.59. The molecule has 0 aliphatic carbocycles. The highest BCUT2D eigenvalue weighted by atomic mass is 28.5. The first-order valence-electron chi connectivity index (χ1n) is 8.31.